The minimum atomic E-state index is -3.61. The lowest BCUT2D eigenvalue weighted by atomic mass is 10.4. The van der Waals surface area contributed by atoms with Crippen molar-refractivity contribution in [1.82, 2.24) is 9.29 Å². The summed E-state index contributed by atoms with van der Waals surface area (Å²) in [5.74, 6) is 0.511. The Hall–Kier alpha value is -0.860. The number of sulfonamides is 1. The highest BCUT2D eigenvalue weighted by atomic mass is 79.9. The largest absolute Gasteiger partial charge is 0.495 e. The van der Waals surface area contributed by atoms with Crippen LogP contribution in [-0.4, -0.2) is 50.8 Å². The standard InChI is InChI=1S/C10H15BrN2O4S/c1-13(5-4-11)18(14,15)9-7-12-10(17-3)6-8(9)16-2/h6-7H,4-5H2,1-3H3. The molecule has 8 heteroatoms. The van der Waals surface area contributed by atoms with Gasteiger partial charge in [-0.2, -0.15) is 4.31 Å². The molecule has 0 N–H and O–H groups in total. The average molecular weight is 339 g/mol. The number of pyridine rings is 1. The highest BCUT2D eigenvalue weighted by molar-refractivity contribution is 9.09. The van der Waals surface area contributed by atoms with E-state index in [4.69, 9.17) is 9.47 Å². The maximum atomic E-state index is 12.2. The summed E-state index contributed by atoms with van der Waals surface area (Å²) in [4.78, 5) is 3.92. The first kappa shape index (κ1) is 15.2. The molecule has 0 radical (unpaired) electrons. The van der Waals surface area contributed by atoms with Crippen molar-refractivity contribution >= 4 is 26.0 Å². The van der Waals surface area contributed by atoms with Gasteiger partial charge in [-0.15, -0.1) is 0 Å². The molecule has 0 fully saturated rings. The maximum absolute atomic E-state index is 12.2. The quantitative estimate of drug-likeness (QED) is 0.727. The monoisotopic (exact) mass is 338 g/mol. The summed E-state index contributed by atoms with van der Waals surface area (Å²) in [6, 6.07) is 1.44. The van der Waals surface area contributed by atoms with Crippen LogP contribution in [-0.2, 0) is 10.0 Å². The molecule has 6 nitrogen and oxygen atoms in total. The predicted octanol–water partition coefficient (Wildman–Crippen LogP) is 1.11. The van der Waals surface area contributed by atoms with E-state index in [0.29, 0.717) is 17.8 Å². The molecule has 1 aromatic heterocycles. The number of methoxy groups -OCH3 is 2. The molecule has 0 amide bonds. The molecule has 0 atom stereocenters. The predicted molar refractivity (Wildman–Crippen MR) is 71.0 cm³/mol. The van der Waals surface area contributed by atoms with Crippen LogP contribution in [0.3, 0.4) is 0 Å². The van der Waals surface area contributed by atoms with Crippen LogP contribution < -0.4 is 9.47 Å². The normalized spacial score (nSPS) is 11.6. The number of hydrogen-bond donors (Lipinski definition) is 0. The molecular formula is C10H15BrN2O4S. The van der Waals surface area contributed by atoms with Crippen molar-refractivity contribution in [2.45, 2.75) is 4.90 Å². The van der Waals surface area contributed by atoms with E-state index in [1.165, 1.54) is 37.8 Å². The Balaban J connectivity index is 3.23. The molecule has 102 valence electrons. The number of rotatable bonds is 6. The smallest absolute Gasteiger partial charge is 0.248 e. The van der Waals surface area contributed by atoms with Crippen LogP contribution in [0.2, 0.25) is 0 Å². The molecule has 0 aliphatic heterocycles. The van der Waals surface area contributed by atoms with Gasteiger partial charge in [0, 0.05) is 25.0 Å². The molecule has 0 saturated carbocycles. The van der Waals surface area contributed by atoms with E-state index in [2.05, 4.69) is 20.9 Å². The molecular weight excluding hydrogens is 324 g/mol. The number of ether oxygens (including phenoxy) is 2. The van der Waals surface area contributed by atoms with Gasteiger partial charge in [0.15, 0.2) is 0 Å². The van der Waals surface area contributed by atoms with E-state index < -0.39 is 10.0 Å². The molecule has 0 aliphatic rings. The van der Waals surface area contributed by atoms with Crippen molar-refractivity contribution in [2.24, 2.45) is 0 Å². The topological polar surface area (TPSA) is 68.7 Å². The molecule has 0 aromatic carbocycles. The van der Waals surface area contributed by atoms with Gasteiger partial charge in [0.1, 0.15) is 10.6 Å². The minimum absolute atomic E-state index is 0.0225. The van der Waals surface area contributed by atoms with Crippen molar-refractivity contribution < 1.29 is 17.9 Å². The van der Waals surface area contributed by atoms with E-state index in [0.717, 1.165) is 0 Å². The summed E-state index contributed by atoms with van der Waals surface area (Å²) < 4.78 is 35.7. The van der Waals surface area contributed by atoms with E-state index in [-0.39, 0.29) is 10.6 Å². The van der Waals surface area contributed by atoms with Crippen molar-refractivity contribution in [1.29, 1.82) is 0 Å². The first-order valence-corrected chi connectivity index (χ1v) is 7.63. The van der Waals surface area contributed by atoms with Crippen LogP contribution in [0, 0.1) is 0 Å². The summed E-state index contributed by atoms with van der Waals surface area (Å²) in [6.07, 6.45) is 1.23. The van der Waals surface area contributed by atoms with Gasteiger partial charge in [-0.25, -0.2) is 13.4 Å². The minimum Gasteiger partial charge on any atom is -0.495 e. The summed E-state index contributed by atoms with van der Waals surface area (Å²) >= 11 is 3.20. The third kappa shape index (κ3) is 3.12. The highest BCUT2D eigenvalue weighted by Crippen LogP contribution is 2.28. The molecule has 0 aliphatic carbocycles. The van der Waals surface area contributed by atoms with Gasteiger partial charge in [-0.3, -0.25) is 0 Å². The summed E-state index contributed by atoms with van der Waals surface area (Å²) in [6.45, 7) is 0.359. The van der Waals surface area contributed by atoms with Gasteiger partial charge in [0.25, 0.3) is 0 Å². The lowest BCUT2D eigenvalue weighted by molar-refractivity contribution is 0.373. The van der Waals surface area contributed by atoms with Gasteiger partial charge in [-0.1, -0.05) is 15.9 Å². The zero-order chi connectivity index (χ0) is 13.8. The Morgan fingerprint density at radius 2 is 2.06 bits per heavy atom. The molecule has 0 saturated heterocycles. The van der Waals surface area contributed by atoms with Gasteiger partial charge in [-0.05, 0) is 0 Å². The fourth-order valence-corrected chi connectivity index (χ4v) is 3.29. The van der Waals surface area contributed by atoms with Gasteiger partial charge < -0.3 is 9.47 Å². The SMILES string of the molecule is COc1cc(OC)c(S(=O)(=O)N(C)CCBr)cn1. The van der Waals surface area contributed by atoms with E-state index in [1.807, 2.05) is 0 Å². The fourth-order valence-electron chi connectivity index (χ4n) is 1.28. The van der Waals surface area contributed by atoms with Crippen molar-refractivity contribution in [2.75, 3.05) is 33.1 Å². The third-order valence-electron chi connectivity index (χ3n) is 2.32. The Labute approximate surface area is 115 Å². The van der Waals surface area contributed by atoms with Crippen LogP contribution in [0.5, 0.6) is 11.6 Å². The zero-order valence-corrected chi connectivity index (χ0v) is 12.8. The highest BCUT2D eigenvalue weighted by Gasteiger charge is 2.25. The second kappa shape index (κ2) is 6.35. The molecule has 0 unspecified atom stereocenters. The Morgan fingerprint density at radius 3 is 2.56 bits per heavy atom. The van der Waals surface area contributed by atoms with Gasteiger partial charge >= 0.3 is 0 Å². The molecule has 0 spiro atoms. The number of nitrogens with zero attached hydrogens (tertiary/aromatic N) is 2. The average Bonchev–Trinajstić information content (AvgIpc) is 2.38. The van der Waals surface area contributed by atoms with Gasteiger partial charge in [0.05, 0.1) is 20.4 Å². The number of hydrogen-bond acceptors (Lipinski definition) is 5. The number of aromatic nitrogens is 1. The van der Waals surface area contributed by atoms with Crippen molar-refractivity contribution in [3.63, 3.8) is 0 Å². The molecule has 18 heavy (non-hydrogen) atoms. The molecule has 1 rings (SSSR count). The lowest BCUT2D eigenvalue weighted by Gasteiger charge is -2.17. The van der Waals surface area contributed by atoms with Gasteiger partial charge in [0.2, 0.25) is 15.9 Å². The Bertz CT molecular complexity index is 507. The first-order valence-electron chi connectivity index (χ1n) is 5.07. The second-order valence-corrected chi connectivity index (χ2v) is 6.20. The lowest BCUT2D eigenvalue weighted by Crippen LogP contribution is -2.29. The van der Waals surface area contributed by atoms with Crippen LogP contribution in [0.15, 0.2) is 17.2 Å². The summed E-state index contributed by atoms with van der Waals surface area (Å²) in [5.41, 5.74) is 0. The number of alkyl halides is 1. The molecule has 1 heterocycles. The van der Waals surface area contributed by atoms with Crippen molar-refractivity contribution in [3.8, 4) is 11.6 Å². The van der Waals surface area contributed by atoms with Crippen LogP contribution >= 0.6 is 15.9 Å². The van der Waals surface area contributed by atoms with Crippen LogP contribution in [0.4, 0.5) is 0 Å². The number of halogens is 1. The Morgan fingerprint density at radius 1 is 1.39 bits per heavy atom. The van der Waals surface area contributed by atoms with Crippen molar-refractivity contribution in [3.05, 3.63) is 12.3 Å². The Kier molecular flexibility index (Phi) is 5.36. The molecule has 0 bridgehead atoms. The zero-order valence-electron chi connectivity index (χ0n) is 10.4. The molecule has 1 aromatic rings. The van der Waals surface area contributed by atoms with Crippen LogP contribution in [0.1, 0.15) is 0 Å². The summed E-state index contributed by atoms with van der Waals surface area (Å²) in [7, 11) is 0.744. The van der Waals surface area contributed by atoms with E-state index in [1.54, 1.807) is 0 Å². The second-order valence-electron chi connectivity index (χ2n) is 3.39. The van der Waals surface area contributed by atoms with E-state index in [9.17, 15) is 8.42 Å². The first-order chi connectivity index (χ1) is 8.47. The maximum Gasteiger partial charge on any atom is 0.248 e. The van der Waals surface area contributed by atoms with Crippen LogP contribution in [0.25, 0.3) is 0 Å². The third-order valence-corrected chi connectivity index (χ3v) is 4.54. The summed E-state index contributed by atoms with van der Waals surface area (Å²) in [5, 5.41) is 0.550. The van der Waals surface area contributed by atoms with E-state index >= 15 is 0 Å². The fraction of sp³-hybridized carbons (Fsp3) is 0.500.